The topological polar surface area (TPSA) is 96.0 Å². The molecule has 0 bridgehead atoms. The quantitative estimate of drug-likeness (QED) is 0.123. The molecule has 2 amide bonds. The van der Waals surface area contributed by atoms with Crippen molar-refractivity contribution in [3.8, 4) is 5.75 Å². The van der Waals surface area contributed by atoms with E-state index in [0.29, 0.717) is 29.3 Å². The fourth-order valence-electron chi connectivity index (χ4n) is 6.75. The smallest absolute Gasteiger partial charge is 0.254 e. The summed E-state index contributed by atoms with van der Waals surface area (Å²) in [7, 11) is -3.54. The molecule has 0 saturated heterocycles. The maximum Gasteiger partial charge on any atom is 0.254 e. The van der Waals surface area contributed by atoms with E-state index in [9.17, 15) is 40.0 Å². The largest absolute Gasteiger partial charge is 0.497 e. The van der Waals surface area contributed by atoms with Crippen LogP contribution < -0.4 is 14.4 Å². The van der Waals surface area contributed by atoms with Crippen LogP contribution in [0.15, 0.2) is 66.7 Å². The van der Waals surface area contributed by atoms with Gasteiger partial charge in [-0.3, -0.25) is 19.2 Å². The average molecular weight is 742 g/mol. The molecule has 52 heavy (non-hydrogen) atoms. The Bertz CT molecular complexity index is 2080. The molecule has 2 aliphatic rings. The van der Waals surface area contributed by atoms with Gasteiger partial charge in [0.1, 0.15) is 18.1 Å². The van der Waals surface area contributed by atoms with E-state index < -0.39 is 62.4 Å². The first-order valence-electron chi connectivity index (χ1n) is 16.8. The summed E-state index contributed by atoms with van der Waals surface area (Å²) < 4.78 is 105. The molecule has 6 rings (SSSR count). The number of hydrogen-bond donors (Lipinski definition) is 1. The number of nitrogens with zero attached hydrogens (tertiary/aromatic N) is 2. The molecule has 0 aromatic heterocycles. The van der Waals surface area contributed by atoms with Crippen LogP contribution >= 0.6 is 0 Å². The lowest BCUT2D eigenvalue weighted by molar-refractivity contribution is -0.117. The Kier molecular flexibility index (Phi) is 10.6. The minimum atomic E-state index is -5.09. The number of carbonyl (C=O) groups excluding carboxylic acids is 2. The van der Waals surface area contributed by atoms with Crippen molar-refractivity contribution < 1.29 is 44.7 Å². The molecule has 1 heterocycles. The van der Waals surface area contributed by atoms with E-state index in [1.165, 1.54) is 16.9 Å². The second kappa shape index (κ2) is 14.9. The molecule has 274 valence electrons. The molecular weight excluding hydrogens is 705 g/mol. The number of halogens is 5. The lowest BCUT2D eigenvalue weighted by atomic mass is 9.84. The number of rotatable bonds is 11. The summed E-state index contributed by atoms with van der Waals surface area (Å²) in [6.07, 6.45) is 5.36. The van der Waals surface area contributed by atoms with Gasteiger partial charge in [0.2, 0.25) is 10.0 Å². The Labute approximate surface area is 298 Å². The van der Waals surface area contributed by atoms with E-state index in [4.69, 9.17) is 4.74 Å². The van der Waals surface area contributed by atoms with Crippen LogP contribution in [0.25, 0.3) is 0 Å². The maximum atomic E-state index is 14.7. The number of carbonyl (C=O) groups is 2. The Hall–Kier alpha value is -4.98. The summed E-state index contributed by atoms with van der Waals surface area (Å²) in [5, 5.41) is -2.07. The summed E-state index contributed by atoms with van der Waals surface area (Å²) in [5.41, 5.74) is 0.0976. The van der Waals surface area contributed by atoms with Gasteiger partial charge in [-0.25, -0.2) is 30.4 Å². The molecule has 4 aromatic rings. The first-order chi connectivity index (χ1) is 24.8. The molecule has 1 aliphatic heterocycles. The van der Waals surface area contributed by atoms with Crippen molar-refractivity contribution >= 4 is 38.9 Å². The van der Waals surface area contributed by atoms with Crippen LogP contribution in [0.1, 0.15) is 77.6 Å². The third-order valence-electron chi connectivity index (χ3n) is 9.75. The number of alkyl halides is 1. The normalized spacial score (nSPS) is 15.4. The van der Waals surface area contributed by atoms with Gasteiger partial charge in [-0.15, -0.1) is 0 Å². The standard InChI is InChI=1S/C38H36F5N3O5S/c1-22(52(49,50)44-36-34(42)32(40)31(19-39)33(41)35(36)43)37(47)46(27-12-10-25(11-13-27)24-6-4-3-5-7-24)28-14-17-30-26(18-28)21-45(38(30)48)20-23-8-15-29(51-2)16-9-23/h8-18,22,24,44H,3-7,19-21H2,1-2H3/t22-/m1/s1. The summed E-state index contributed by atoms with van der Waals surface area (Å²) >= 11 is 0. The molecule has 1 atom stereocenters. The molecular formula is C38H36F5N3O5S. The van der Waals surface area contributed by atoms with Gasteiger partial charge in [-0.05, 0) is 84.8 Å². The fraction of sp³-hybridized carbons (Fsp3) is 0.316. The molecule has 1 saturated carbocycles. The van der Waals surface area contributed by atoms with Crippen molar-refractivity contribution in [2.75, 3.05) is 16.7 Å². The second-order valence-electron chi connectivity index (χ2n) is 13.0. The van der Waals surface area contributed by atoms with Gasteiger partial charge < -0.3 is 9.64 Å². The Morgan fingerprint density at radius 3 is 2.12 bits per heavy atom. The van der Waals surface area contributed by atoms with Crippen LogP contribution in [-0.2, 0) is 34.6 Å². The van der Waals surface area contributed by atoms with Gasteiger partial charge in [0, 0.05) is 30.0 Å². The van der Waals surface area contributed by atoms with Crippen molar-refractivity contribution in [1.29, 1.82) is 0 Å². The zero-order chi connectivity index (χ0) is 37.3. The van der Waals surface area contributed by atoms with E-state index in [0.717, 1.165) is 55.1 Å². The maximum absolute atomic E-state index is 14.7. The van der Waals surface area contributed by atoms with Crippen molar-refractivity contribution in [3.05, 3.63) is 118 Å². The van der Waals surface area contributed by atoms with Crippen LogP contribution in [0.5, 0.6) is 5.75 Å². The molecule has 1 N–H and O–H groups in total. The fourth-order valence-corrected chi connectivity index (χ4v) is 7.76. The molecule has 1 aliphatic carbocycles. The lowest BCUT2D eigenvalue weighted by Gasteiger charge is -2.28. The summed E-state index contributed by atoms with van der Waals surface area (Å²) in [6, 6.07) is 18.9. The SMILES string of the molecule is COc1ccc(CN2Cc3cc(N(C(=O)[C@@H](C)S(=O)(=O)Nc4c(F)c(F)c(CF)c(F)c4F)c4ccc(C5CCCCC5)cc4)ccc3C2=O)cc1. The zero-order valence-electron chi connectivity index (χ0n) is 28.4. The van der Waals surface area contributed by atoms with Crippen LogP contribution in [0.4, 0.5) is 39.0 Å². The van der Waals surface area contributed by atoms with Crippen LogP contribution in [0, 0.1) is 23.3 Å². The summed E-state index contributed by atoms with van der Waals surface area (Å²) in [5.74, 6) is -8.85. The number of ether oxygens (including phenoxy) is 1. The number of fused-ring (bicyclic) bond motifs is 1. The van der Waals surface area contributed by atoms with E-state index in [-0.39, 0.29) is 23.8 Å². The van der Waals surface area contributed by atoms with Crippen molar-refractivity contribution in [3.63, 3.8) is 0 Å². The van der Waals surface area contributed by atoms with E-state index in [1.54, 1.807) is 42.3 Å². The number of anilines is 3. The molecule has 0 spiro atoms. The van der Waals surface area contributed by atoms with E-state index >= 15 is 0 Å². The summed E-state index contributed by atoms with van der Waals surface area (Å²) in [6.45, 7) is -0.441. The number of hydrogen-bond acceptors (Lipinski definition) is 5. The van der Waals surface area contributed by atoms with Gasteiger partial charge in [0.15, 0.2) is 28.5 Å². The summed E-state index contributed by atoms with van der Waals surface area (Å²) in [4.78, 5) is 30.3. The highest BCUT2D eigenvalue weighted by atomic mass is 32.2. The van der Waals surface area contributed by atoms with Gasteiger partial charge in [-0.2, -0.15) is 0 Å². The predicted octanol–water partition coefficient (Wildman–Crippen LogP) is 8.42. The number of nitrogens with one attached hydrogen (secondary N) is 1. The van der Waals surface area contributed by atoms with Crippen molar-refractivity contribution in [2.45, 2.75) is 70.0 Å². The Morgan fingerprint density at radius 1 is 0.904 bits per heavy atom. The average Bonchev–Trinajstić information content (AvgIpc) is 3.47. The third-order valence-corrected chi connectivity index (χ3v) is 11.4. The number of methoxy groups -OCH3 is 1. The monoisotopic (exact) mass is 741 g/mol. The molecule has 0 radical (unpaired) electrons. The van der Waals surface area contributed by atoms with Gasteiger partial charge in [0.05, 0.1) is 12.7 Å². The molecule has 4 aromatic carbocycles. The van der Waals surface area contributed by atoms with Crippen molar-refractivity contribution in [2.24, 2.45) is 0 Å². The minimum Gasteiger partial charge on any atom is -0.497 e. The van der Waals surface area contributed by atoms with Crippen LogP contribution in [-0.4, -0.2) is 37.5 Å². The number of benzene rings is 4. The first kappa shape index (κ1) is 36.8. The van der Waals surface area contributed by atoms with Gasteiger partial charge in [-0.1, -0.05) is 43.5 Å². The van der Waals surface area contributed by atoms with Crippen molar-refractivity contribution in [1.82, 2.24) is 4.90 Å². The number of sulfonamides is 1. The van der Waals surface area contributed by atoms with Gasteiger partial charge in [0.25, 0.3) is 11.8 Å². The molecule has 14 heteroatoms. The lowest BCUT2D eigenvalue weighted by Crippen LogP contribution is -2.41. The Morgan fingerprint density at radius 2 is 1.52 bits per heavy atom. The predicted molar refractivity (Wildman–Crippen MR) is 186 cm³/mol. The highest BCUT2D eigenvalue weighted by molar-refractivity contribution is 7.94. The van der Waals surface area contributed by atoms with E-state index in [2.05, 4.69) is 0 Å². The minimum absolute atomic E-state index is 0.191. The zero-order valence-corrected chi connectivity index (χ0v) is 29.2. The number of amides is 2. The second-order valence-corrected chi connectivity index (χ2v) is 15.0. The van der Waals surface area contributed by atoms with E-state index in [1.807, 2.05) is 24.3 Å². The van der Waals surface area contributed by atoms with Gasteiger partial charge >= 0.3 is 0 Å². The highest BCUT2D eigenvalue weighted by Crippen LogP contribution is 2.37. The highest BCUT2D eigenvalue weighted by Gasteiger charge is 2.37. The molecule has 1 fully saturated rings. The van der Waals surface area contributed by atoms with Crippen LogP contribution in [0.3, 0.4) is 0 Å². The first-order valence-corrected chi connectivity index (χ1v) is 18.3. The Balaban J connectivity index is 1.33. The third kappa shape index (κ3) is 7.08. The molecule has 0 unspecified atom stereocenters. The molecule has 8 nitrogen and oxygen atoms in total. The van der Waals surface area contributed by atoms with Crippen LogP contribution in [0.2, 0.25) is 0 Å².